The average Bonchev–Trinajstić information content (AvgIpc) is 2.55. The minimum absolute atomic E-state index is 0.469. The van der Waals surface area contributed by atoms with E-state index >= 15 is 0 Å². The van der Waals surface area contributed by atoms with Gasteiger partial charge in [0, 0.05) is 19.8 Å². The molecule has 1 atom stereocenters. The second-order valence-corrected chi connectivity index (χ2v) is 6.18. The first-order chi connectivity index (χ1) is 11.6. The van der Waals surface area contributed by atoms with Crippen LogP contribution in [0.25, 0.3) is 0 Å². The number of methoxy groups -OCH3 is 2. The normalized spacial score (nSPS) is 17.7. The summed E-state index contributed by atoms with van der Waals surface area (Å²) in [5.41, 5.74) is 3.51. The number of aryl methyl sites for hydroxylation is 1. The van der Waals surface area contributed by atoms with Gasteiger partial charge in [0.25, 0.3) is 0 Å². The van der Waals surface area contributed by atoms with Gasteiger partial charge >= 0.3 is 0 Å². The van der Waals surface area contributed by atoms with E-state index in [1.54, 1.807) is 14.2 Å². The molecule has 4 nitrogen and oxygen atoms in total. The van der Waals surface area contributed by atoms with Crippen molar-refractivity contribution in [2.75, 3.05) is 40.6 Å². The highest BCUT2D eigenvalue weighted by Crippen LogP contribution is 2.30. The second kappa shape index (κ2) is 9.50. The standard InChI is InChI=1S/C20H28O4/c1-15-5-7-19(8-6-15)23-9-10-24-20-17(13-21-3)11-16(2)12-18(20)14-22-4/h5-8,11,16H,9-10,12-14H2,1-4H3. The number of rotatable bonds is 9. The van der Waals surface area contributed by atoms with Gasteiger partial charge in [-0.15, -0.1) is 0 Å². The van der Waals surface area contributed by atoms with Crippen LogP contribution in [0.5, 0.6) is 5.75 Å². The maximum Gasteiger partial charge on any atom is 0.126 e. The van der Waals surface area contributed by atoms with Crippen LogP contribution >= 0.6 is 0 Å². The van der Waals surface area contributed by atoms with Gasteiger partial charge in [-0.05, 0) is 37.0 Å². The summed E-state index contributed by atoms with van der Waals surface area (Å²) in [5.74, 6) is 2.24. The fourth-order valence-corrected chi connectivity index (χ4v) is 2.89. The molecule has 0 fully saturated rings. The summed E-state index contributed by atoms with van der Waals surface area (Å²) in [7, 11) is 3.42. The summed E-state index contributed by atoms with van der Waals surface area (Å²) in [6, 6.07) is 8.03. The predicted molar refractivity (Wildman–Crippen MR) is 95.3 cm³/mol. The van der Waals surface area contributed by atoms with E-state index < -0.39 is 0 Å². The lowest BCUT2D eigenvalue weighted by molar-refractivity contribution is 0.140. The van der Waals surface area contributed by atoms with Crippen LogP contribution in [0.3, 0.4) is 0 Å². The molecule has 0 bridgehead atoms. The predicted octanol–water partition coefficient (Wildman–Crippen LogP) is 3.90. The Kier molecular flexibility index (Phi) is 7.35. The second-order valence-electron chi connectivity index (χ2n) is 6.18. The van der Waals surface area contributed by atoms with Crippen LogP contribution in [0.4, 0.5) is 0 Å². The van der Waals surface area contributed by atoms with Crippen LogP contribution in [-0.2, 0) is 14.2 Å². The molecular weight excluding hydrogens is 304 g/mol. The van der Waals surface area contributed by atoms with Crippen molar-refractivity contribution in [3.8, 4) is 5.75 Å². The van der Waals surface area contributed by atoms with Crippen molar-refractivity contribution in [2.24, 2.45) is 5.92 Å². The molecule has 1 aliphatic carbocycles. The average molecular weight is 332 g/mol. The lowest BCUT2D eigenvalue weighted by Gasteiger charge is -2.25. The van der Waals surface area contributed by atoms with Crippen LogP contribution in [-0.4, -0.2) is 40.6 Å². The minimum atomic E-state index is 0.469. The Hall–Kier alpha value is -1.78. The molecule has 2 rings (SSSR count). The van der Waals surface area contributed by atoms with E-state index in [4.69, 9.17) is 18.9 Å². The summed E-state index contributed by atoms with van der Waals surface area (Å²) in [6.45, 7) is 6.38. The van der Waals surface area contributed by atoms with Crippen LogP contribution in [0.2, 0.25) is 0 Å². The van der Waals surface area contributed by atoms with E-state index in [9.17, 15) is 0 Å². The molecule has 0 saturated carbocycles. The van der Waals surface area contributed by atoms with Crippen LogP contribution < -0.4 is 4.74 Å². The van der Waals surface area contributed by atoms with Gasteiger partial charge in [-0.25, -0.2) is 0 Å². The molecule has 0 saturated heterocycles. The highest BCUT2D eigenvalue weighted by Gasteiger charge is 2.21. The van der Waals surface area contributed by atoms with Crippen molar-refractivity contribution in [1.29, 1.82) is 0 Å². The Morgan fingerprint density at radius 1 is 0.958 bits per heavy atom. The zero-order valence-electron chi connectivity index (χ0n) is 15.1. The van der Waals surface area contributed by atoms with Gasteiger partial charge in [-0.2, -0.15) is 0 Å². The Balaban J connectivity index is 1.94. The fraction of sp³-hybridized carbons (Fsp3) is 0.500. The first kappa shape index (κ1) is 18.6. The van der Waals surface area contributed by atoms with Gasteiger partial charge in [0.1, 0.15) is 24.7 Å². The van der Waals surface area contributed by atoms with Crippen LogP contribution in [0.1, 0.15) is 18.9 Å². The molecule has 0 aromatic heterocycles. The molecule has 1 aromatic carbocycles. The van der Waals surface area contributed by atoms with Crippen molar-refractivity contribution >= 4 is 0 Å². The summed E-state index contributed by atoms with van der Waals surface area (Å²) in [4.78, 5) is 0. The van der Waals surface area contributed by atoms with E-state index in [2.05, 4.69) is 19.9 Å². The van der Waals surface area contributed by atoms with Gasteiger partial charge in [-0.1, -0.05) is 30.7 Å². The smallest absolute Gasteiger partial charge is 0.126 e. The molecule has 0 aliphatic heterocycles. The highest BCUT2D eigenvalue weighted by molar-refractivity contribution is 5.36. The van der Waals surface area contributed by atoms with E-state index in [0.717, 1.165) is 23.5 Å². The zero-order chi connectivity index (χ0) is 17.4. The number of allylic oxidation sites excluding steroid dienone is 1. The van der Waals surface area contributed by atoms with E-state index in [1.165, 1.54) is 11.1 Å². The molecule has 1 unspecified atom stereocenters. The van der Waals surface area contributed by atoms with Crippen LogP contribution in [0.15, 0.2) is 47.2 Å². The lowest BCUT2D eigenvalue weighted by atomic mass is 9.90. The van der Waals surface area contributed by atoms with Crippen LogP contribution in [0, 0.1) is 12.8 Å². The Labute approximate surface area is 145 Å². The Morgan fingerprint density at radius 2 is 1.62 bits per heavy atom. The summed E-state index contributed by atoms with van der Waals surface area (Å²) in [5, 5.41) is 0. The molecule has 0 amide bonds. The van der Waals surface area contributed by atoms with Gasteiger partial charge in [0.2, 0.25) is 0 Å². The van der Waals surface area contributed by atoms with E-state index in [1.807, 2.05) is 24.3 Å². The third kappa shape index (κ3) is 5.39. The van der Waals surface area contributed by atoms with Gasteiger partial charge < -0.3 is 18.9 Å². The summed E-state index contributed by atoms with van der Waals surface area (Å²) >= 11 is 0. The van der Waals surface area contributed by atoms with Gasteiger partial charge in [0.05, 0.1) is 13.2 Å². The van der Waals surface area contributed by atoms with Crippen molar-refractivity contribution in [3.05, 3.63) is 52.8 Å². The molecule has 132 valence electrons. The van der Waals surface area contributed by atoms with Gasteiger partial charge in [-0.3, -0.25) is 0 Å². The SMILES string of the molecule is COCC1=CC(C)CC(COC)=C1OCCOc1ccc(C)cc1. The van der Waals surface area contributed by atoms with E-state index in [0.29, 0.717) is 32.3 Å². The number of hydrogen-bond donors (Lipinski definition) is 0. The van der Waals surface area contributed by atoms with Crippen molar-refractivity contribution < 1.29 is 18.9 Å². The number of hydrogen-bond acceptors (Lipinski definition) is 4. The lowest BCUT2D eigenvalue weighted by Crippen LogP contribution is -2.18. The fourth-order valence-electron chi connectivity index (χ4n) is 2.89. The zero-order valence-corrected chi connectivity index (χ0v) is 15.1. The van der Waals surface area contributed by atoms with Crippen molar-refractivity contribution in [2.45, 2.75) is 20.3 Å². The quantitative estimate of drug-likeness (QED) is 0.643. The summed E-state index contributed by atoms with van der Waals surface area (Å²) in [6.07, 6.45) is 3.17. The first-order valence-corrected chi connectivity index (χ1v) is 8.37. The molecule has 0 spiro atoms. The highest BCUT2D eigenvalue weighted by atomic mass is 16.5. The largest absolute Gasteiger partial charge is 0.490 e. The first-order valence-electron chi connectivity index (χ1n) is 8.37. The molecule has 0 heterocycles. The molecule has 24 heavy (non-hydrogen) atoms. The number of ether oxygens (including phenoxy) is 4. The third-order valence-electron chi connectivity index (χ3n) is 3.90. The topological polar surface area (TPSA) is 36.9 Å². The maximum absolute atomic E-state index is 6.03. The van der Waals surface area contributed by atoms with Gasteiger partial charge in [0.15, 0.2) is 0 Å². The molecule has 0 radical (unpaired) electrons. The Bertz CT molecular complexity index is 572. The monoisotopic (exact) mass is 332 g/mol. The third-order valence-corrected chi connectivity index (χ3v) is 3.90. The van der Waals surface area contributed by atoms with Crippen molar-refractivity contribution in [1.82, 2.24) is 0 Å². The Morgan fingerprint density at radius 3 is 2.29 bits per heavy atom. The van der Waals surface area contributed by atoms with Crippen molar-refractivity contribution in [3.63, 3.8) is 0 Å². The molecule has 0 N–H and O–H groups in total. The molecule has 1 aliphatic rings. The molecular formula is C20H28O4. The number of benzene rings is 1. The summed E-state index contributed by atoms with van der Waals surface area (Å²) < 4.78 is 22.4. The van der Waals surface area contributed by atoms with E-state index in [-0.39, 0.29) is 0 Å². The maximum atomic E-state index is 6.03. The molecule has 4 heteroatoms. The molecule has 1 aromatic rings. The minimum Gasteiger partial charge on any atom is -0.490 e.